The van der Waals surface area contributed by atoms with E-state index in [-0.39, 0.29) is 5.91 Å². The third-order valence-electron chi connectivity index (χ3n) is 3.83. The van der Waals surface area contributed by atoms with Gasteiger partial charge in [-0.1, -0.05) is 63.4 Å². The minimum Gasteiger partial charge on any atom is -0.362 e. The fourth-order valence-electron chi connectivity index (χ4n) is 2.32. The number of nitrogens with one attached hydrogen (secondary N) is 2. The molecule has 0 fully saturated rings. The Morgan fingerprint density at radius 1 is 1.23 bits per heavy atom. The monoisotopic (exact) mass is 320 g/mol. The highest BCUT2D eigenvalue weighted by Gasteiger charge is 2.08. The Bertz CT molecular complexity index is 448. The van der Waals surface area contributed by atoms with Gasteiger partial charge in [0.05, 0.1) is 0 Å². The average Bonchev–Trinajstić information content (AvgIpc) is 2.54. The lowest BCUT2D eigenvalue weighted by atomic mass is 9.99. The Morgan fingerprint density at radius 2 is 1.95 bits per heavy atom. The first-order chi connectivity index (χ1) is 10.7. The molecule has 0 aliphatic rings. The van der Waals surface area contributed by atoms with Crippen LogP contribution in [-0.4, -0.2) is 17.6 Å². The maximum absolute atomic E-state index is 11.9. The van der Waals surface area contributed by atoms with E-state index >= 15 is 0 Å². The van der Waals surface area contributed by atoms with E-state index in [0.717, 1.165) is 19.4 Å². The highest BCUT2D eigenvalue weighted by Crippen LogP contribution is 2.11. The van der Waals surface area contributed by atoms with Crippen molar-refractivity contribution in [3.63, 3.8) is 0 Å². The Hall–Kier alpha value is -1.42. The SMILES string of the molecule is CCCCC(CC)CNC(=S)NC(=O)CCc1ccccc1. The number of amides is 1. The van der Waals surface area contributed by atoms with Gasteiger partial charge >= 0.3 is 0 Å². The van der Waals surface area contributed by atoms with Crippen molar-refractivity contribution in [3.05, 3.63) is 35.9 Å². The summed E-state index contributed by atoms with van der Waals surface area (Å²) in [5, 5.41) is 6.39. The van der Waals surface area contributed by atoms with Crippen molar-refractivity contribution < 1.29 is 4.79 Å². The van der Waals surface area contributed by atoms with Gasteiger partial charge in [-0.15, -0.1) is 0 Å². The van der Waals surface area contributed by atoms with Gasteiger partial charge in [0.2, 0.25) is 5.91 Å². The summed E-state index contributed by atoms with van der Waals surface area (Å²) < 4.78 is 0. The lowest BCUT2D eigenvalue weighted by Gasteiger charge is -2.16. The number of hydrogen-bond acceptors (Lipinski definition) is 2. The number of benzene rings is 1. The summed E-state index contributed by atoms with van der Waals surface area (Å²) in [6.45, 7) is 5.25. The van der Waals surface area contributed by atoms with Gasteiger partial charge in [0.25, 0.3) is 0 Å². The highest BCUT2D eigenvalue weighted by molar-refractivity contribution is 7.80. The van der Waals surface area contributed by atoms with Gasteiger partial charge in [-0.25, -0.2) is 0 Å². The molecule has 2 N–H and O–H groups in total. The standard InChI is InChI=1S/C18H28N2OS/c1-3-5-9-15(4-2)14-19-18(22)20-17(21)13-12-16-10-7-6-8-11-16/h6-8,10-11,15H,3-5,9,12-14H2,1-2H3,(H2,19,20,21,22). The van der Waals surface area contributed by atoms with Crippen LogP contribution in [0.1, 0.15) is 51.5 Å². The molecule has 0 aliphatic carbocycles. The van der Waals surface area contributed by atoms with E-state index in [1.165, 1.54) is 24.8 Å². The molecule has 1 rings (SSSR count). The molecule has 0 spiro atoms. The lowest BCUT2D eigenvalue weighted by molar-refractivity contribution is -0.119. The summed E-state index contributed by atoms with van der Waals surface area (Å²) in [6, 6.07) is 10.0. The normalized spacial score (nSPS) is 11.7. The molecule has 1 atom stereocenters. The van der Waals surface area contributed by atoms with Crippen molar-refractivity contribution in [2.24, 2.45) is 5.92 Å². The zero-order chi connectivity index (χ0) is 16.2. The molecule has 0 aromatic heterocycles. The van der Waals surface area contributed by atoms with Gasteiger partial charge in [0.1, 0.15) is 0 Å². The van der Waals surface area contributed by atoms with E-state index in [2.05, 4.69) is 24.5 Å². The van der Waals surface area contributed by atoms with Crippen LogP contribution >= 0.6 is 12.2 Å². The average molecular weight is 321 g/mol. The third-order valence-corrected chi connectivity index (χ3v) is 4.08. The number of thiocarbonyl (C=S) groups is 1. The van der Waals surface area contributed by atoms with Crippen molar-refractivity contribution in [2.45, 2.75) is 52.4 Å². The second-order valence-electron chi connectivity index (χ2n) is 5.66. The van der Waals surface area contributed by atoms with Gasteiger partial charge in [0.15, 0.2) is 5.11 Å². The number of rotatable bonds is 9. The van der Waals surface area contributed by atoms with Crippen molar-refractivity contribution in [1.82, 2.24) is 10.6 Å². The van der Waals surface area contributed by atoms with Crippen LogP contribution < -0.4 is 10.6 Å². The molecular formula is C18H28N2OS. The largest absolute Gasteiger partial charge is 0.362 e. The van der Waals surface area contributed by atoms with Crippen LogP contribution in [0.4, 0.5) is 0 Å². The number of aryl methyl sites for hydroxylation is 1. The number of carbonyl (C=O) groups is 1. The molecule has 4 heteroatoms. The van der Waals surface area contributed by atoms with Crippen molar-refractivity contribution in [2.75, 3.05) is 6.54 Å². The van der Waals surface area contributed by atoms with Gasteiger partial charge < -0.3 is 10.6 Å². The van der Waals surface area contributed by atoms with Crippen LogP contribution in [0.2, 0.25) is 0 Å². The lowest BCUT2D eigenvalue weighted by Crippen LogP contribution is -2.41. The minimum absolute atomic E-state index is 0.0250. The summed E-state index contributed by atoms with van der Waals surface area (Å²) >= 11 is 5.20. The van der Waals surface area contributed by atoms with Crippen LogP contribution in [-0.2, 0) is 11.2 Å². The van der Waals surface area contributed by atoms with E-state index in [1.807, 2.05) is 30.3 Å². The second kappa shape index (κ2) is 11.2. The fourth-order valence-corrected chi connectivity index (χ4v) is 2.51. The molecule has 1 amide bonds. The Labute approximate surface area is 139 Å². The molecule has 0 radical (unpaired) electrons. The topological polar surface area (TPSA) is 41.1 Å². The van der Waals surface area contributed by atoms with E-state index in [4.69, 9.17) is 12.2 Å². The molecule has 3 nitrogen and oxygen atoms in total. The zero-order valence-electron chi connectivity index (χ0n) is 13.7. The molecular weight excluding hydrogens is 292 g/mol. The Balaban J connectivity index is 2.22. The minimum atomic E-state index is -0.0250. The summed E-state index contributed by atoms with van der Waals surface area (Å²) in [7, 11) is 0. The first kappa shape index (κ1) is 18.6. The molecule has 0 heterocycles. The summed E-state index contributed by atoms with van der Waals surface area (Å²) in [5.74, 6) is 0.599. The smallest absolute Gasteiger partial charge is 0.226 e. The fraction of sp³-hybridized carbons (Fsp3) is 0.556. The zero-order valence-corrected chi connectivity index (χ0v) is 14.5. The molecule has 0 saturated heterocycles. The Kier molecular flexibility index (Phi) is 9.47. The van der Waals surface area contributed by atoms with Gasteiger partial charge in [0, 0.05) is 13.0 Å². The van der Waals surface area contributed by atoms with Crippen LogP contribution in [0.15, 0.2) is 30.3 Å². The van der Waals surface area contributed by atoms with Gasteiger partial charge in [-0.3, -0.25) is 4.79 Å². The molecule has 0 aliphatic heterocycles. The van der Waals surface area contributed by atoms with Crippen molar-refractivity contribution in [3.8, 4) is 0 Å². The first-order valence-corrected chi connectivity index (χ1v) is 8.68. The summed E-state index contributed by atoms with van der Waals surface area (Å²) in [4.78, 5) is 11.9. The maximum Gasteiger partial charge on any atom is 0.226 e. The van der Waals surface area contributed by atoms with Crippen molar-refractivity contribution >= 4 is 23.2 Å². The van der Waals surface area contributed by atoms with Gasteiger partial charge in [-0.2, -0.15) is 0 Å². The number of hydrogen-bond donors (Lipinski definition) is 2. The second-order valence-corrected chi connectivity index (χ2v) is 6.07. The third kappa shape index (κ3) is 8.13. The van der Waals surface area contributed by atoms with Gasteiger partial charge in [-0.05, 0) is 36.5 Å². The maximum atomic E-state index is 11.9. The summed E-state index contributed by atoms with van der Waals surface area (Å²) in [5.41, 5.74) is 1.17. The van der Waals surface area contributed by atoms with Crippen LogP contribution in [0, 0.1) is 5.92 Å². The molecule has 1 aromatic carbocycles. The molecule has 0 bridgehead atoms. The van der Waals surface area contributed by atoms with Crippen LogP contribution in [0.5, 0.6) is 0 Å². The van der Waals surface area contributed by atoms with Crippen LogP contribution in [0.3, 0.4) is 0 Å². The van der Waals surface area contributed by atoms with E-state index < -0.39 is 0 Å². The number of carbonyl (C=O) groups excluding carboxylic acids is 1. The molecule has 1 aromatic rings. The summed E-state index contributed by atoms with van der Waals surface area (Å²) in [6.07, 6.45) is 6.01. The van der Waals surface area contributed by atoms with Crippen LogP contribution in [0.25, 0.3) is 0 Å². The van der Waals surface area contributed by atoms with E-state index in [9.17, 15) is 4.79 Å². The van der Waals surface area contributed by atoms with E-state index in [1.54, 1.807) is 0 Å². The van der Waals surface area contributed by atoms with Crippen molar-refractivity contribution in [1.29, 1.82) is 0 Å². The quantitative estimate of drug-likeness (QED) is 0.680. The molecule has 0 saturated carbocycles. The molecule has 22 heavy (non-hydrogen) atoms. The predicted molar refractivity (Wildman–Crippen MR) is 96.8 cm³/mol. The predicted octanol–water partition coefficient (Wildman–Crippen LogP) is 3.83. The van der Waals surface area contributed by atoms with E-state index in [0.29, 0.717) is 17.5 Å². The first-order valence-electron chi connectivity index (χ1n) is 8.27. The number of unbranched alkanes of at least 4 members (excludes halogenated alkanes) is 1. The molecule has 1 unspecified atom stereocenters. The Morgan fingerprint density at radius 3 is 2.59 bits per heavy atom. The highest BCUT2D eigenvalue weighted by atomic mass is 32.1. The molecule has 122 valence electrons.